The maximum absolute atomic E-state index is 13.2. The van der Waals surface area contributed by atoms with E-state index in [2.05, 4.69) is 15.1 Å². The van der Waals surface area contributed by atoms with Crippen LogP contribution in [0.3, 0.4) is 0 Å². The van der Waals surface area contributed by atoms with Crippen molar-refractivity contribution >= 4 is 10.9 Å². The number of fused-ring (bicyclic) bond motifs is 1. The third-order valence-corrected chi connectivity index (χ3v) is 4.04. The fourth-order valence-corrected chi connectivity index (χ4v) is 2.88. The molecule has 0 saturated heterocycles. The van der Waals surface area contributed by atoms with Crippen LogP contribution in [-0.4, -0.2) is 26.9 Å². The average molecular weight is 334 g/mol. The Bertz CT molecular complexity index is 1060. The highest BCUT2D eigenvalue weighted by atomic mass is 19.1. The van der Waals surface area contributed by atoms with E-state index in [4.69, 9.17) is 4.74 Å². The molecular formula is C19H15FN4O. The zero-order valence-electron chi connectivity index (χ0n) is 13.8. The summed E-state index contributed by atoms with van der Waals surface area (Å²) in [7, 11) is 3.48. The van der Waals surface area contributed by atoms with Gasteiger partial charge >= 0.3 is 0 Å². The van der Waals surface area contributed by atoms with Crippen LogP contribution in [0.2, 0.25) is 0 Å². The molecule has 1 aromatic carbocycles. The molecule has 0 fully saturated rings. The molecule has 0 bridgehead atoms. The highest BCUT2D eigenvalue weighted by molar-refractivity contribution is 5.98. The second-order valence-corrected chi connectivity index (χ2v) is 5.67. The summed E-state index contributed by atoms with van der Waals surface area (Å²) >= 11 is 0. The van der Waals surface area contributed by atoms with Crippen molar-refractivity contribution in [2.24, 2.45) is 7.05 Å². The van der Waals surface area contributed by atoms with Crippen LogP contribution < -0.4 is 4.74 Å². The van der Waals surface area contributed by atoms with Crippen LogP contribution in [0.4, 0.5) is 4.39 Å². The van der Waals surface area contributed by atoms with Gasteiger partial charge in [-0.2, -0.15) is 5.10 Å². The Morgan fingerprint density at radius 1 is 1.04 bits per heavy atom. The van der Waals surface area contributed by atoms with Gasteiger partial charge in [-0.1, -0.05) is 0 Å². The van der Waals surface area contributed by atoms with Crippen LogP contribution in [0.15, 0.2) is 55.0 Å². The van der Waals surface area contributed by atoms with Gasteiger partial charge in [-0.15, -0.1) is 0 Å². The van der Waals surface area contributed by atoms with Crippen molar-refractivity contribution in [1.29, 1.82) is 0 Å². The first kappa shape index (κ1) is 15.3. The Morgan fingerprint density at radius 2 is 1.92 bits per heavy atom. The number of aromatic nitrogens is 4. The third kappa shape index (κ3) is 2.71. The zero-order valence-corrected chi connectivity index (χ0v) is 13.8. The number of methoxy groups -OCH3 is 1. The number of aryl methyl sites for hydroxylation is 1. The topological polar surface area (TPSA) is 52.8 Å². The first-order valence-electron chi connectivity index (χ1n) is 7.74. The molecule has 3 aromatic heterocycles. The van der Waals surface area contributed by atoms with Crippen LogP contribution in [0, 0.1) is 5.82 Å². The second kappa shape index (κ2) is 5.98. The summed E-state index contributed by atoms with van der Waals surface area (Å²) in [4.78, 5) is 8.59. The minimum absolute atomic E-state index is 0.375. The molecule has 5 nitrogen and oxygen atoms in total. The number of pyridine rings is 2. The smallest absolute Gasteiger partial charge is 0.141 e. The molecule has 3 heterocycles. The predicted molar refractivity (Wildman–Crippen MR) is 93.7 cm³/mol. The molecule has 4 aromatic rings. The molecule has 0 aliphatic heterocycles. The molecule has 124 valence electrons. The van der Waals surface area contributed by atoms with Gasteiger partial charge < -0.3 is 4.74 Å². The average Bonchev–Trinajstić information content (AvgIpc) is 3.03. The first-order valence-corrected chi connectivity index (χ1v) is 7.74. The number of hydrogen-bond acceptors (Lipinski definition) is 4. The first-order chi connectivity index (χ1) is 12.2. The Morgan fingerprint density at radius 3 is 2.68 bits per heavy atom. The van der Waals surface area contributed by atoms with E-state index in [1.54, 1.807) is 24.1 Å². The highest BCUT2D eigenvalue weighted by Gasteiger charge is 2.16. The summed E-state index contributed by atoms with van der Waals surface area (Å²) in [6.45, 7) is 0. The van der Waals surface area contributed by atoms with E-state index in [0.717, 1.165) is 27.8 Å². The van der Waals surface area contributed by atoms with E-state index in [1.165, 1.54) is 12.3 Å². The van der Waals surface area contributed by atoms with Crippen molar-refractivity contribution < 1.29 is 9.13 Å². The van der Waals surface area contributed by atoms with Gasteiger partial charge in [0.05, 0.1) is 24.5 Å². The molecular weight excluding hydrogens is 319 g/mol. The lowest BCUT2D eigenvalue weighted by Crippen LogP contribution is -1.91. The van der Waals surface area contributed by atoms with Gasteiger partial charge in [0.2, 0.25) is 0 Å². The van der Waals surface area contributed by atoms with Crippen LogP contribution in [-0.2, 0) is 7.05 Å². The molecule has 0 spiro atoms. The Hall–Kier alpha value is -3.28. The zero-order chi connectivity index (χ0) is 17.4. The molecule has 25 heavy (non-hydrogen) atoms. The quantitative estimate of drug-likeness (QED) is 0.571. The molecule has 0 radical (unpaired) electrons. The van der Waals surface area contributed by atoms with Crippen molar-refractivity contribution in [2.75, 3.05) is 7.11 Å². The summed E-state index contributed by atoms with van der Waals surface area (Å²) in [5.74, 6) is 0.382. The molecule has 6 heteroatoms. The molecule has 0 N–H and O–H groups in total. The lowest BCUT2D eigenvalue weighted by atomic mass is 10.0. The van der Waals surface area contributed by atoms with Crippen molar-refractivity contribution in [1.82, 2.24) is 19.7 Å². The van der Waals surface area contributed by atoms with Gasteiger partial charge in [0.15, 0.2) is 0 Å². The summed E-state index contributed by atoms with van der Waals surface area (Å²) in [6, 6.07) is 10.7. The van der Waals surface area contributed by atoms with E-state index in [0.29, 0.717) is 11.4 Å². The molecule has 4 rings (SSSR count). The summed E-state index contributed by atoms with van der Waals surface area (Å²) in [6.07, 6.45) is 4.88. The van der Waals surface area contributed by atoms with Crippen LogP contribution in [0.25, 0.3) is 33.4 Å². The van der Waals surface area contributed by atoms with Crippen LogP contribution in [0.1, 0.15) is 0 Å². The largest absolute Gasteiger partial charge is 0.497 e. The number of halogens is 1. The number of rotatable bonds is 3. The van der Waals surface area contributed by atoms with E-state index in [9.17, 15) is 4.39 Å². The monoisotopic (exact) mass is 334 g/mol. The van der Waals surface area contributed by atoms with E-state index < -0.39 is 0 Å². The molecule has 0 aliphatic rings. The minimum atomic E-state index is -0.375. The summed E-state index contributed by atoms with van der Waals surface area (Å²) < 4.78 is 20.3. The number of ether oxygens (including phenoxy) is 1. The Kier molecular flexibility index (Phi) is 3.65. The van der Waals surface area contributed by atoms with E-state index >= 15 is 0 Å². The molecule has 0 unspecified atom stereocenters. The Labute approximate surface area is 143 Å². The third-order valence-electron chi connectivity index (χ3n) is 4.04. The van der Waals surface area contributed by atoms with E-state index in [1.807, 2.05) is 37.5 Å². The van der Waals surface area contributed by atoms with Gasteiger partial charge in [0.25, 0.3) is 0 Å². The predicted octanol–water partition coefficient (Wildman–Crippen LogP) is 3.85. The van der Waals surface area contributed by atoms with Gasteiger partial charge in [-0.3, -0.25) is 14.6 Å². The fraction of sp³-hybridized carbons (Fsp3) is 0.105. The Balaban J connectivity index is 1.96. The van der Waals surface area contributed by atoms with Crippen LogP contribution >= 0.6 is 0 Å². The normalized spacial score (nSPS) is 11.0. The van der Waals surface area contributed by atoms with Crippen molar-refractivity contribution in [3.8, 4) is 28.3 Å². The van der Waals surface area contributed by atoms with E-state index in [-0.39, 0.29) is 5.82 Å². The van der Waals surface area contributed by atoms with Crippen molar-refractivity contribution in [2.45, 2.75) is 0 Å². The maximum Gasteiger partial charge on any atom is 0.141 e. The maximum atomic E-state index is 13.2. The molecule has 0 saturated carbocycles. The van der Waals surface area contributed by atoms with Crippen molar-refractivity contribution in [3.05, 3.63) is 60.8 Å². The van der Waals surface area contributed by atoms with Gasteiger partial charge in [-0.25, -0.2) is 4.39 Å². The van der Waals surface area contributed by atoms with Crippen molar-refractivity contribution in [3.63, 3.8) is 0 Å². The van der Waals surface area contributed by atoms with Gasteiger partial charge in [-0.05, 0) is 42.0 Å². The fourth-order valence-electron chi connectivity index (χ4n) is 2.88. The second-order valence-electron chi connectivity index (χ2n) is 5.67. The highest BCUT2D eigenvalue weighted by Crippen LogP contribution is 2.35. The SMILES string of the molecule is COc1ccc2nccc(-c3cn(C)nc3-c3ccc(F)cn3)c2c1. The molecule has 0 aliphatic carbocycles. The number of nitrogens with zero attached hydrogens (tertiary/aromatic N) is 4. The number of hydrogen-bond donors (Lipinski definition) is 0. The standard InChI is InChI=1S/C19H15FN4O/c1-24-11-16(19(23-24)18-5-3-12(20)10-22-18)14-7-8-21-17-6-4-13(25-2)9-15(14)17/h3-11H,1-2H3. The van der Waals surface area contributed by atoms with Gasteiger partial charge in [0, 0.05) is 30.4 Å². The summed E-state index contributed by atoms with van der Waals surface area (Å²) in [5, 5.41) is 5.47. The molecule has 0 amide bonds. The minimum Gasteiger partial charge on any atom is -0.497 e. The number of benzene rings is 1. The van der Waals surface area contributed by atoms with Gasteiger partial charge in [0.1, 0.15) is 17.3 Å². The lowest BCUT2D eigenvalue weighted by Gasteiger charge is -2.08. The van der Waals surface area contributed by atoms with Crippen LogP contribution in [0.5, 0.6) is 5.75 Å². The summed E-state index contributed by atoms with van der Waals surface area (Å²) in [5.41, 5.74) is 4.04. The lowest BCUT2D eigenvalue weighted by molar-refractivity contribution is 0.415. The molecule has 0 atom stereocenters.